The van der Waals surface area contributed by atoms with Gasteiger partial charge in [-0.2, -0.15) is 4.98 Å². The molecule has 5 heteroatoms. The number of aromatic nitrogens is 2. The topological polar surface area (TPSA) is 49.8 Å². The van der Waals surface area contributed by atoms with Gasteiger partial charge in [0.2, 0.25) is 5.95 Å². The first kappa shape index (κ1) is 11.7. The Morgan fingerprint density at radius 2 is 2.22 bits per heavy atom. The molecule has 1 aliphatic rings. The average Bonchev–Trinajstić information content (AvgIpc) is 2.98. The fourth-order valence-corrected chi connectivity index (χ4v) is 3.37. The second kappa shape index (κ2) is 4.72. The van der Waals surface area contributed by atoms with E-state index in [1.165, 1.54) is 19.3 Å². The molecule has 2 heterocycles. The van der Waals surface area contributed by atoms with Crippen LogP contribution < -0.4 is 10.6 Å². The maximum atomic E-state index is 4.55. The van der Waals surface area contributed by atoms with Gasteiger partial charge >= 0.3 is 0 Å². The monoisotopic (exact) mass is 262 g/mol. The van der Waals surface area contributed by atoms with E-state index in [0.29, 0.717) is 12.0 Å². The number of nitrogens with zero attached hydrogens (tertiary/aromatic N) is 2. The van der Waals surface area contributed by atoms with E-state index in [0.717, 1.165) is 22.0 Å². The Morgan fingerprint density at radius 1 is 1.33 bits per heavy atom. The zero-order valence-corrected chi connectivity index (χ0v) is 11.5. The van der Waals surface area contributed by atoms with Gasteiger partial charge in [-0.1, -0.05) is 6.92 Å². The lowest BCUT2D eigenvalue weighted by atomic mass is 10.1. The van der Waals surface area contributed by atoms with Gasteiger partial charge in [0.05, 0.1) is 5.39 Å². The molecule has 0 aromatic carbocycles. The Bertz CT molecular complexity index is 551. The molecule has 0 aliphatic heterocycles. The molecule has 2 N–H and O–H groups in total. The highest BCUT2D eigenvalue weighted by atomic mass is 32.1. The van der Waals surface area contributed by atoms with E-state index in [-0.39, 0.29) is 0 Å². The Kier molecular flexibility index (Phi) is 3.07. The largest absolute Gasteiger partial charge is 0.367 e. The smallest absolute Gasteiger partial charge is 0.225 e. The fourth-order valence-electron chi connectivity index (χ4n) is 2.61. The number of hydrogen-bond acceptors (Lipinski definition) is 5. The first-order chi connectivity index (χ1) is 8.76. The summed E-state index contributed by atoms with van der Waals surface area (Å²) in [5.74, 6) is 2.49. The standard InChI is InChI=1S/C13H18N4S/c1-8-3-4-9(7-8)15-11-10-5-6-18-12(10)17-13(14-2)16-11/h5-6,8-9H,3-4,7H2,1-2H3,(H2,14,15,16,17). The van der Waals surface area contributed by atoms with Crippen LogP contribution in [0.25, 0.3) is 10.2 Å². The highest BCUT2D eigenvalue weighted by Gasteiger charge is 2.22. The molecule has 0 bridgehead atoms. The van der Waals surface area contributed by atoms with Gasteiger partial charge in [-0.3, -0.25) is 0 Å². The van der Waals surface area contributed by atoms with Gasteiger partial charge < -0.3 is 10.6 Å². The Labute approximate surface area is 111 Å². The number of rotatable bonds is 3. The SMILES string of the molecule is CNc1nc(NC2CCC(C)C2)c2ccsc2n1. The van der Waals surface area contributed by atoms with Gasteiger partial charge in [-0.15, -0.1) is 11.3 Å². The summed E-state index contributed by atoms with van der Waals surface area (Å²) in [6.07, 6.45) is 3.80. The van der Waals surface area contributed by atoms with Gasteiger partial charge in [0.15, 0.2) is 0 Å². The molecule has 18 heavy (non-hydrogen) atoms. The predicted octanol–water partition coefficient (Wildman–Crippen LogP) is 3.33. The molecule has 1 fully saturated rings. The predicted molar refractivity (Wildman–Crippen MR) is 77.4 cm³/mol. The van der Waals surface area contributed by atoms with Crippen molar-refractivity contribution in [2.45, 2.75) is 32.2 Å². The van der Waals surface area contributed by atoms with Crippen molar-refractivity contribution in [3.05, 3.63) is 11.4 Å². The van der Waals surface area contributed by atoms with Gasteiger partial charge in [-0.05, 0) is 36.6 Å². The normalized spacial score (nSPS) is 23.4. The maximum Gasteiger partial charge on any atom is 0.225 e. The molecule has 3 rings (SSSR count). The van der Waals surface area contributed by atoms with Crippen molar-refractivity contribution in [3.63, 3.8) is 0 Å². The average molecular weight is 262 g/mol. The van der Waals surface area contributed by atoms with E-state index >= 15 is 0 Å². The van der Waals surface area contributed by atoms with Crippen LogP contribution >= 0.6 is 11.3 Å². The van der Waals surface area contributed by atoms with Crippen LogP contribution in [0.5, 0.6) is 0 Å². The molecule has 2 aromatic heterocycles. The lowest BCUT2D eigenvalue weighted by Gasteiger charge is -2.14. The molecule has 2 aromatic rings. The number of nitrogens with one attached hydrogen (secondary N) is 2. The van der Waals surface area contributed by atoms with Crippen LogP contribution in [0, 0.1) is 5.92 Å². The lowest BCUT2D eigenvalue weighted by Crippen LogP contribution is -2.17. The third-order valence-corrected chi connectivity index (χ3v) is 4.39. The van der Waals surface area contributed by atoms with Crippen LogP contribution in [0.2, 0.25) is 0 Å². The summed E-state index contributed by atoms with van der Waals surface area (Å²) >= 11 is 1.66. The van der Waals surface area contributed by atoms with Gasteiger partial charge in [0.1, 0.15) is 10.6 Å². The second-order valence-corrected chi connectivity index (χ2v) is 5.94. The third-order valence-electron chi connectivity index (χ3n) is 3.58. The second-order valence-electron chi connectivity index (χ2n) is 5.04. The summed E-state index contributed by atoms with van der Waals surface area (Å²) in [6, 6.07) is 2.66. The van der Waals surface area contributed by atoms with E-state index in [4.69, 9.17) is 0 Å². The van der Waals surface area contributed by atoms with Crippen molar-refractivity contribution in [1.82, 2.24) is 9.97 Å². The summed E-state index contributed by atoms with van der Waals surface area (Å²) < 4.78 is 0. The number of hydrogen-bond donors (Lipinski definition) is 2. The molecule has 1 aliphatic carbocycles. The Balaban J connectivity index is 1.92. The molecule has 0 amide bonds. The number of thiophene rings is 1. The van der Waals surface area contributed by atoms with E-state index in [1.54, 1.807) is 11.3 Å². The third kappa shape index (κ3) is 2.14. The van der Waals surface area contributed by atoms with Gasteiger partial charge in [0, 0.05) is 13.1 Å². The van der Waals surface area contributed by atoms with E-state index < -0.39 is 0 Å². The summed E-state index contributed by atoms with van der Waals surface area (Å²) in [6.45, 7) is 2.32. The zero-order chi connectivity index (χ0) is 12.5. The first-order valence-electron chi connectivity index (χ1n) is 6.46. The molecule has 0 saturated heterocycles. The summed E-state index contributed by atoms with van der Waals surface area (Å²) in [7, 11) is 1.86. The molecule has 0 radical (unpaired) electrons. The van der Waals surface area contributed by atoms with Crippen LogP contribution in [-0.4, -0.2) is 23.1 Å². The minimum atomic E-state index is 0.558. The fraction of sp³-hybridized carbons (Fsp3) is 0.538. The molecule has 2 unspecified atom stereocenters. The molecular formula is C13H18N4S. The first-order valence-corrected chi connectivity index (χ1v) is 7.33. The molecular weight excluding hydrogens is 244 g/mol. The van der Waals surface area contributed by atoms with Crippen LogP contribution in [-0.2, 0) is 0 Å². The van der Waals surface area contributed by atoms with Crippen molar-refractivity contribution in [3.8, 4) is 0 Å². The van der Waals surface area contributed by atoms with Crippen molar-refractivity contribution in [1.29, 1.82) is 0 Å². The van der Waals surface area contributed by atoms with Crippen molar-refractivity contribution < 1.29 is 0 Å². The van der Waals surface area contributed by atoms with Crippen molar-refractivity contribution >= 4 is 33.3 Å². The van der Waals surface area contributed by atoms with Crippen LogP contribution in [0.15, 0.2) is 11.4 Å². The summed E-state index contributed by atoms with van der Waals surface area (Å²) in [5, 5.41) is 9.83. The van der Waals surface area contributed by atoms with E-state index in [9.17, 15) is 0 Å². The lowest BCUT2D eigenvalue weighted by molar-refractivity contribution is 0.602. The Morgan fingerprint density at radius 3 is 2.94 bits per heavy atom. The number of fused-ring (bicyclic) bond motifs is 1. The zero-order valence-electron chi connectivity index (χ0n) is 10.7. The molecule has 4 nitrogen and oxygen atoms in total. The van der Waals surface area contributed by atoms with Crippen LogP contribution in [0.4, 0.5) is 11.8 Å². The summed E-state index contributed by atoms with van der Waals surface area (Å²) in [4.78, 5) is 10.1. The van der Waals surface area contributed by atoms with Crippen molar-refractivity contribution in [2.24, 2.45) is 5.92 Å². The molecule has 2 atom stereocenters. The van der Waals surface area contributed by atoms with Crippen molar-refractivity contribution in [2.75, 3.05) is 17.7 Å². The quantitative estimate of drug-likeness (QED) is 0.890. The Hall–Kier alpha value is -1.36. The molecule has 96 valence electrons. The van der Waals surface area contributed by atoms with Gasteiger partial charge in [-0.25, -0.2) is 4.98 Å². The molecule has 1 saturated carbocycles. The highest BCUT2D eigenvalue weighted by molar-refractivity contribution is 7.16. The van der Waals surface area contributed by atoms with Crippen LogP contribution in [0.3, 0.4) is 0 Å². The number of anilines is 2. The van der Waals surface area contributed by atoms with E-state index in [2.05, 4.69) is 39.0 Å². The molecule has 0 spiro atoms. The van der Waals surface area contributed by atoms with Gasteiger partial charge in [0.25, 0.3) is 0 Å². The maximum absolute atomic E-state index is 4.55. The summed E-state index contributed by atoms with van der Waals surface area (Å²) in [5.41, 5.74) is 0. The minimum Gasteiger partial charge on any atom is -0.367 e. The highest BCUT2D eigenvalue weighted by Crippen LogP contribution is 2.31. The van der Waals surface area contributed by atoms with Crippen LogP contribution in [0.1, 0.15) is 26.2 Å². The minimum absolute atomic E-state index is 0.558. The van der Waals surface area contributed by atoms with E-state index in [1.807, 2.05) is 7.05 Å².